The first-order valence-electron chi connectivity index (χ1n) is 8.58. The lowest BCUT2D eigenvalue weighted by atomic mass is 10.1. The van der Waals surface area contributed by atoms with E-state index in [4.69, 9.17) is 32.2 Å². The first-order valence-corrected chi connectivity index (χ1v) is 12.7. The van der Waals surface area contributed by atoms with Crippen LogP contribution in [0.15, 0.2) is 24.3 Å². The fourth-order valence-electron chi connectivity index (χ4n) is 2.46. The second-order valence-corrected chi connectivity index (χ2v) is 10.2. The van der Waals surface area contributed by atoms with Gasteiger partial charge < -0.3 is 9.05 Å². The molecular weight excluding hydrogens is 434 g/mol. The molecule has 156 valence electrons. The van der Waals surface area contributed by atoms with Crippen molar-refractivity contribution in [3.63, 3.8) is 0 Å². The van der Waals surface area contributed by atoms with Crippen molar-refractivity contribution in [2.24, 2.45) is 0 Å². The highest BCUT2D eigenvalue weighted by Gasteiger charge is 2.41. The van der Waals surface area contributed by atoms with Crippen LogP contribution in [-0.4, -0.2) is 50.8 Å². The second kappa shape index (κ2) is 11.7. The molecule has 0 heterocycles. The van der Waals surface area contributed by atoms with Gasteiger partial charge in [-0.1, -0.05) is 29.8 Å². The summed E-state index contributed by atoms with van der Waals surface area (Å²) in [7, 11) is -7.87. The van der Waals surface area contributed by atoms with Crippen LogP contribution in [0.1, 0.15) is 30.8 Å². The van der Waals surface area contributed by atoms with Gasteiger partial charge in [0.1, 0.15) is 5.78 Å². The molecule has 1 N–H and O–H groups in total. The van der Waals surface area contributed by atoms with Crippen LogP contribution in [0.25, 0.3) is 0 Å². The van der Waals surface area contributed by atoms with Crippen LogP contribution in [0, 0.1) is 6.92 Å². The molecule has 0 amide bonds. The molecule has 1 rings (SSSR count). The largest absolute Gasteiger partial charge is 0.352 e. The maximum absolute atomic E-state index is 13.4. The molecular formula is C16H27Cl2N2O5PS. The van der Waals surface area contributed by atoms with Crippen molar-refractivity contribution in [3.8, 4) is 0 Å². The molecule has 11 heteroatoms. The Bertz CT molecular complexity index is 719. The van der Waals surface area contributed by atoms with E-state index in [1.165, 1.54) is 0 Å². The molecule has 1 aromatic carbocycles. The SMILES string of the molecule is CCOP(=O)(OCC)C(NS(=O)(=O)N(CCCl)CCCl)c1cccc(C)c1. The van der Waals surface area contributed by atoms with Crippen LogP contribution in [0.4, 0.5) is 0 Å². The minimum atomic E-state index is -4.04. The zero-order chi connectivity index (χ0) is 20.5. The molecule has 7 nitrogen and oxygen atoms in total. The summed E-state index contributed by atoms with van der Waals surface area (Å²) < 4.78 is 53.6. The number of halogens is 2. The first kappa shape index (κ1) is 24.9. The lowest BCUT2D eigenvalue weighted by Gasteiger charge is -2.30. The third-order valence-electron chi connectivity index (χ3n) is 3.56. The zero-order valence-electron chi connectivity index (χ0n) is 15.7. The highest BCUT2D eigenvalue weighted by atomic mass is 35.5. The molecule has 0 aliphatic rings. The van der Waals surface area contributed by atoms with Gasteiger partial charge in [0.25, 0.3) is 10.2 Å². The minimum absolute atomic E-state index is 0.0672. The van der Waals surface area contributed by atoms with E-state index in [1.807, 2.05) is 13.0 Å². The molecule has 0 spiro atoms. The number of hydrogen-bond acceptors (Lipinski definition) is 5. The van der Waals surface area contributed by atoms with Crippen molar-refractivity contribution < 1.29 is 22.0 Å². The van der Waals surface area contributed by atoms with Crippen molar-refractivity contribution in [3.05, 3.63) is 35.4 Å². The normalized spacial score (nSPS) is 13.9. The number of nitrogens with zero attached hydrogens (tertiary/aromatic N) is 1. The van der Waals surface area contributed by atoms with Crippen molar-refractivity contribution in [2.45, 2.75) is 26.6 Å². The quantitative estimate of drug-likeness (QED) is 0.356. The van der Waals surface area contributed by atoms with E-state index < -0.39 is 23.6 Å². The van der Waals surface area contributed by atoms with E-state index in [0.29, 0.717) is 5.56 Å². The summed E-state index contributed by atoms with van der Waals surface area (Å²) in [6.45, 7) is 5.54. The van der Waals surface area contributed by atoms with Gasteiger partial charge in [0.2, 0.25) is 0 Å². The molecule has 0 saturated carbocycles. The Morgan fingerprint density at radius 3 is 2.15 bits per heavy atom. The van der Waals surface area contributed by atoms with Gasteiger partial charge in [-0.05, 0) is 26.3 Å². The molecule has 1 unspecified atom stereocenters. The van der Waals surface area contributed by atoms with Gasteiger partial charge in [0, 0.05) is 24.8 Å². The highest BCUT2D eigenvalue weighted by molar-refractivity contribution is 7.87. The summed E-state index contributed by atoms with van der Waals surface area (Å²) in [6, 6.07) is 7.03. The molecule has 1 atom stereocenters. The van der Waals surface area contributed by atoms with E-state index in [9.17, 15) is 13.0 Å². The summed E-state index contributed by atoms with van der Waals surface area (Å²) in [6.07, 6.45) is 0. The van der Waals surface area contributed by atoms with Crippen LogP contribution >= 0.6 is 30.8 Å². The zero-order valence-corrected chi connectivity index (χ0v) is 19.0. The fraction of sp³-hybridized carbons (Fsp3) is 0.625. The molecule has 0 saturated heterocycles. The number of rotatable bonds is 13. The topological polar surface area (TPSA) is 84.9 Å². The van der Waals surface area contributed by atoms with E-state index in [1.54, 1.807) is 32.0 Å². The average Bonchev–Trinajstić information content (AvgIpc) is 2.60. The average molecular weight is 461 g/mol. The number of hydrogen-bond donors (Lipinski definition) is 1. The number of nitrogens with one attached hydrogen (secondary N) is 1. The Hall–Kier alpha value is -0.180. The first-order chi connectivity index (χ1) is 12.7. The van der Waals surface area contributed by atoms with E-state index >= 15 is 0 Å². The summed E-state index contributed by atoms with van der Waals surface area (Å²) in [5.41, 5.74) is 1.37. The van der Waals surface area contributed by atoms with Crippen molar-refractivity contribution in [1.82, 2.24) is 9.03 Å². The molecule has 0 aromatic heterocycles. The Morgan fingerprint density at radius 2 is 1.70 bits per heavy atom. The number of aryl methyl sites for hydroxylation is 1. The third kappa shape index (κ3) is 7.29. The molecule has 0 fully saturated rings. The maximum Gasteiger partial charge on any atom is 0.352 e. The summed E-state index contributed by atoms with van der Waals surface area (Å²) in [4.78, 5) is 0. The van der Waals surface area contributed by atoms with Crippen molar-refractivity contribution in [2.75, 3.05) is 38.1 Å². The molecule has 1 aromatic rings. The monoisotopic (exact) mass is 460 g/mol. The van der Waals surface area contributed by atoms with Gasteiger partial charge in [-0.25, -0.2) is 0 Å². The molecule has 0 bridgehead atoms. The van der Waals surface area contributed by atoms with Crippen LogP contribution < -0.4 is 4.72 Å². The van der Waals surface area contributed by atoms with Crippen LogP contribution in [0.3, 0.4) is 0 Å². The Labute approximate surface area is 172 Å². The third-order valence-corrected chi connectivity index (χ3v) is 7.95. The van der Waals surface area contributed by atoms with Crippen LogP contribution in [0.5, 0.6) is 0 Å². The Balaban J connectivity index is 3.38. The Morgan fingerprint density at radius 1 is 1.15 bits per heavy atom. The van der Waals surface area contributed by atoms with Gasteiger partial charge in [-0.15, -0.1) is 23.2 Å². The van der Waals surface area contributed by atoms with Gasteiger partial charge >= 0.3 is 7.60 Å². The lowest BCUT2D eigenvalue weighted by molar-refractivity contribution is 0.210. The minimum Gasteiger partial charge on any atom is -0.308 e. The second-order valence-electron chi connectivity index (χ2n) is 5.59. The number of alkyl halides is 2. The smallest absolute Gasteiger partial charge is 0.308 e. The summed E-state index contributed by atoms with van der Waals surface area (Å²) in [5.74, 6) is -1.00. The molecule has 0 aliphatic heterocycles. The van der Waals surface area contributed by atoms with Crippen LogP contribution in [0.2, 0.25) is 0 Å². The van der Waals surface area contributed by atoms with Gasteiger partial charge in [-0.3, -0.25) is 4.57 Å². The number of benzene rings is 1. The summed E-state index contributed by atoms with van der Waals surface area (Å²) >= 11 is 11.4. The van der Waals surface area contributed by atoms with E-state index in [2.05, 4.69) is 4.72 Å². The predicted octanol–water partition coefficient (Wildman–Crippen LogP) is 3.87. The van der Waals surface area contributed by atoms with Gasteiger partial charge in [0.15, 0.2) is 0 Å². The van der Waals surface area contributed by atoms with Crippen molar-refractivity contribution >= 4 is 41.0 Å². The predicted molar refractivity (Wildman–Crippen MR) is 110 cm³/mol. The Kier molecular flexibility index (Phi) is 10.8. The molecule has 0 radical (unpaired) electrons. The van der Waals surface area contributed by atoms with Crippen LogP contribution in [-0.2, 0) is 23.8 Å². The van der Waals surface area contributed by atoms with E-state index in [0.717, 1.165) is 9.87 Å². The van der Waals surface area contributed by atoms with Gasteiger partial charge in [-0.2, -0.15) is 17.4 Å². The summed E-state index contributed by atoms with van der Waals surface area (Å²) in [5, 5.41) is 0. The molecule has 0 aliphatic carbocycles. The maximum atomic E-state index is 13.4. The standard InChI is InChI=1S/C16H27Cl2N2O5PS/c1-4-24-26(21,25-5-2)16(15-8-6-7-14(3)13-15)19-27(22,23)20(11-9-17)12-10-18/h6-8,13,16,19H,4-5,9-12H2,1-3H3. The highest BCUT2D eigenvalue weighted by Crippen LogP contribution is 2.59. The fourth-order valence-corrected chi connectivity index (χ4v) is 6.83. The van der Waals surface area contributed by atoms with Crippen molar-refractivity contribution in [1.29, 1.82) is 0 Å². The molecule has 27 heavy (non-hydrogen) atoms. The van der Waals surface area contributed by atoms with E-state index in [-0.39, 0.29) is 38.1 Å². The lowest BCUT2D eigenvalue weighted by Crippen LogP contribution is -2.44. The van der Waals surface area contributed by atoms with Gasteiger partial charge in [0.05, 0.1) is 13.2 Å².